The lowest BCUT2D eigenvalue weighted by atomic mass is 10.2. The quantitative estimate of drug-likeness (QED) is 0.902. The van der Waals surface area contributed by atoms with Gasteiger partial charge in [-0.2, -0.15) is 0 Å². The molecule has 0 saturated heterocycles. The van der Waals surface area contributed by atoms with Crippen molar-refractivity contribution in [1.82, 2.24) is 10.3 Å². The number of nitrogens with one attached hydrogen (secondary N) is 2. The van der Waals surface area contributed by atoms with Crippen molar-refractivity contribution in [2.75, 3.05) is 11.3 Å². The molecular formula is C13H15N3O2S2. The zero-order chi connectivity index (χ0) is 14.0. The third-order valence-electron chi connectivity index (χ3n) is 3.04. The predicted octanol–water partition coefficient (Wildman–Crippen LogP) is 1.73. The maximum atomic E-state index is 12.1. The van der Waals surface area contributed by atoms with Gasteiger partial charge in [-0.3, -0.25) is 4.72 Å². The Hall–Kier alpha value is -1.44. The van der Waals surface area contributed by atoms with Gasteiger partial charge in [0, 0.05) is 24.4 Å². The van der Waals surface area contributed by atoms with Gasteiger partial charge in [0.2, 0.25) is 10.0 Å². The summed E-state index contributed by atoms with van der Waals surface area (Å²) < 4.78 is 26.8. The number of aromatic nitrogens is 1. The van der Waals surface area contributed by atoms with E-state index >= 15 is 0 Å². The van der Waals surface area contributed by atoms with Crippen molar-refractivity contribution in [3.8, 4) is 0 Å². The Morgan fingerprint density at radius 3 is 2.85 bits per heavy atom. The van der Waals surface area contributed by atoms with Gasteiger partial charge in [0.05, 0.1) is 11.4 Å². The van der Waals surface area contributed by atoms with Crippen LogP contribution in [-0.4, -0.2) is 19.9 Å². The lowest BCUT2D eigenvalue weighted by Gasteiger charge is -2.09. The summed E-state index contributed by atoms with van der Waals surface area (Å²) >= 11 is 1.41. The highest BCUT2D eigenvalue weighted by atomic mass is 32.2. The molecule has 1 aliphatic rings. The summed E-state index contributed by atoms with van der Waals surface area (Å²) in [5.41, 5.74) is 1.77. The largest absolute Gasteiger partial charge is 0.311 e. The Morgan fingerprint density at radius 1 is 1.30 bits per heavy atom. The molecule has 1 aromatic heterocycles. The maximum Gasteiger partial charge on any atom is 0.238 e. The van der Waals surface area contributed by atoms with Crippen molar-refractivity contribution in [3.05, 3.63) is 46.5 Å². The van der Waals surface area contributed by atoms with Crippen molar-refractivity contribution in [2.45, 2.75) is 18.7 Å². The van der Waals surface area contributed by atoms with E-state index in [0.29, 0.717) is 5.13 Å². The molecule has 2 heterocycles. The average molecular weight is 309 g/mol. The zero-order valence-electron chi connectivity index (χ0n) is 10.8. The molecule has 1 aliphatic heterocycles. The molecule has 0 amide bonds. The van der Waals surface area contributed by atoms with Gasteiger partial charge in [-0.1, -0.05) is 41.7 Å². The summed E-state index contributed by atoms with van der Waals surface area (Å²) in [5.74, 6) is -0.0314. The van der Waals surface area contributed by atoms with Crippen LogP contribution < -0.4 is 10.0 Å². The van der Waals surface area contributed by atoms with Gasteiger partial charge in [-0.05, 0) is 5.56 Å². The minimum atomic E-state index is -3.41. The molecule has 2 N–H and O–H groups in total. The van der Waals surface area contributed by atoms with E-state index in [1.54, 1.807) is 12.1 Å². The third kappa shape index (κ3) is 3.17. The molecule has 0 atom stereocenters. The third-order valence-corrected chi connectivity index (χ3v) is 5.40. The number of rotatable bonds is 4. The monoisotopic (exact) mass is 309 g/mol. The number of hydrogen-bond donors (Lipinski definition) is 2. The summed E-state index contributed by atoms with van der Waals surface area (Å²) in [6.45, 7) is 1.67. The molecule has 0 bridgehead atoms. The van der Waals surface area contributed by atoms with E-state index in [1.165, 1.54) is 11.3 Å². The molecular weight excluding hydrogens is 294 g/mol. The van der Waals surface area contributed by atoms with Crippen molar-refractivity contribution in [1.29, 1.82) is 0 Å². The summed E-state index contributed by atoms with van der Waals surface area (Å²) in [7, 11) is -3.41. The maximum absolute atomic E-state index is 12.1. The fourth-order valence-electron chi connectivity index (χ4n) is 2.13. The molecule has 1 aromatic carbocycles. The van der Waals surface area contributed by atoms with Gasteiger partial charge in [-0.25, -0.2) is 13.4 Å². The molecule has 5 nitrogen and oxygen atoms in total. The van der Waals surface area contributed by atoms with E-state index in [2.05, 4.69) is 15.0 Å². The smallest absolute Gasteiger partial charge is 0.238 e. The first-order valence-corrected chi connectivity index (χ1v) is 8.83. The van der Waals surface area contributed by atoms with Crippen LogP contribution in [0.4, 0.5) is 5.13 Å². The highest BCUT2D eigenvalue weighted by Crippen LogP contribution is 2.26. The molecule has 0 aliphatic carbocycles. The summed E-state index contributed by atoms with van der Waals surface area (Å²) in [4.78, 5) is 5.48. The first-order valence-electron chi connectivity index (χ1n) is 6.36. The van der Waals surface area contributed by atoms with Gasteiger partial charge in [-0.15, -0.1) is 0 Å². The highest BCUT2D eigenvalue weighted by molar-refractivity contribution is 7.92. The van der Waals surface area contributed by atoms with Crippen LogP contribution in [0.3, 0.4) is 0 Å². The van der Waals surface area contributed by atoms with Gasteiger partial charge in [0.1, 0.15) is 0 Å². The van der Waals surface area contributed by atoms with E-state index in [0.717, 1.165) is 35.6 Å². The Kier molecular flexibility index (Phi) is 3.73. The Balaban J connectivity index is 1.74. The van der Waals surface area contributed by atoms with Gasteiger partial charge in [0.15, 0.2) is 5.13 Å². The zero-order valence-corrected chi connectivity index (χ0v) is 12.4. The van der Waals surface area contributed by atoms with Crippen molar-refractivity contribution in [3.63, 3.8) is 0 Å². The number of sulfonamides is 1. The van der Waals surface area contributed by atoms with Crippen LogP contribution in [0.25, 0.3) is 0 Å². The van der Waals surface area contributed by atoms with Crippen molar-refractivity contribution < 1.29 is 8.42 Å². The topological polar surface area (TPSA) is 71.1 Å². The fourth-order valence-corrected chi connectivity index (χ4v) is 4.52. The second-order valence-corrected chi connectivity index (χ2v) is 7.47. The van der Waals surface area contributed by atoms with E-state index < -0.39 is 10.0 Å². The molecule has 0 fully saturated rings. The number of thiazole rings is 1. The SMILES string of the molecule is O=S(=O)(Cc1ccccc1)Nc1nc2c(s1)CNCC2. The molecule has 106 valence electrons. The number of hydrogen-bond acceptors (Lipinski definition) is 5. The molecule has 0 saturated carbocycles. The minimum Gasteiger partial charge on any atom is -0.311 e. The summed E-state index contributed by atoms with van der Waals surface area (Å²) in [5, 5.41) is 3.72. The van der Waals surface area contributed by atoms with E-state index in [-0.39, 0.29) is 5.75 Å². The Morgan fingerprint density at radius 2 is 2.10 bits per heavy atom. The van der Waals surface area contributed by atoms with E-state index in [4.69, 9.17) is 0 Å². The van der Waals surface area contributed by atoms with E-state index in [1.807, 2.05) is 18.2 Å². The summed E-state index contributed by atoms with van der Waals surface area (Å²) in [6.07, 6.45) is 0.853. The predicted molar refractivity (Wildman–Crippen MR) is 80.2 cm³/mol. The Labute approximate surface area is 122 Å². The second kappa shape index (κ2) is 5.51. The lowest BCUT2D eigenvalue weighted by molar-refractivity contribution is 0.600. The van der Waals surface area contributed by atoms with Gasteiger partial charge in [0.25, 0.3) is 0 Å². The van der Waals surface area contributed by atoms with Crippen LogP contribution in [0.5, 0.6) is 0 Å². The van der Waals surface area contributed by atoms with E-state index in [9.17, 15) is 8.42 Å². The molecule has 0 unspecified atom stereocenters. The highest BCUT2D eigenvalue weighted by Gasteiger charge is 2.18. The average Bonchev–Trinajstić information content (AvgIpc) is 2.80. The Bertz CT molecular complexity index is 672. The summed E-state index contributed by atoms with van der Waals surface area (Å²) in [6, 6.07) is 9.13. The number of anilines is 1. The van der Waals surface area contributed by atoms with Crippen LogP contribution in [0.1, 0.15) is 16.1 Å². The molecule has 20 heavy (non-hydrogen) atoms. The molecule has 3 rings (SSSR count). The van der Waals surface area contributed by atoms with Crippen LogP contribution in [-0.2, 0) is 28.7 Å². The van der Waals surface area contributed by atoms with Crippen molar-refractivity contribution >= 4 is 26.5 Å². The number of fused-ring (bicyclic) bond motifs is 1. The first kappa shape index (κ1) is 13.5. The second-order valence-electron chi connectivity index (χ2n) is 4.66. The standard InChI is InChI=1S/C13H15N3O2S2/c17-20(18,9-10-4-2-1-3-5-10)16-13-15-11-6-7-14-8-12(11)19-13/h1-5,14H,6-9H2,(H,15,16). The van der Waals surface area contributed by atoms with Crippen molar-refractivity contribution in [2.24, 2.45) is 0 Å². The van der Waals surface area contributed by atoms with Crippen LogP contribution >= 0.6 is 11.3 Å². The van der Waals surface area contributed by atoms with Crippen LogP contribution in [0.15, 0.2) is 30.3 Å². The number of benzene rings is 1. The molecule has 7 heteroatoms. The fraction of sp³-hybridized carbons (Fsp3) is 0.308. The van der Waals surface area contributed by atoms with Gasteiger partial charge < -0.3 is 5.32 Å². The molecule has 0 spiro atoms. The van der Waals surface area contributed by atoms with Crippen LogP contribution in [0, 0.1) is 0 Å². The normalized spacial score (nSPS) is 14.8. The number of nitrogens with zero attached hydrogens (tertiary/aromatic N) is 1. The van der Waals surface area contributed by atoms with Crippen LogP contribution in [0.2, 0.25) is 0 Å². The molecule has 0 radical (unpaired) electrons. The minimum absolute atomic E-state index is 0.0314. The molecule has 2 aromatic rings. The first-order chi connectivity index (χ1) is 9.62. The van der Waals surface area contributed by atoms with Gasteiger partial charge >= 0.3 is 0 Å². The lowest BCUT2D eigenvalue weighted by Crippen LogP contribution is -2.22.